The van der Waals surface area contributed by atoms with E-state index >= 15 is 0 Å². The van der Waals surface area contributed by atoms with Crippen LogP contribution in [0.2, 0.25) is 0 Å². The molecule has 0 aliphatic heterocycles. The van der Waals surface area contributed by atoms with Crippen molar-refractivity contribution in [1.82, 2.24) is 0 Å². The molecule has 1 unspecified atom stereocenters. The molecule has 0 saturated heterocycles. The van der Waals surface area contributed by atoms with E-state index in [0.717, 1.165) is 26.7 Å². The predicted molar refractivity (Wildman–Crippen MR) is 126 cm³/mol. The minimum absolute atomic E-state index is 0.138. The SMILES string of the molecule is CCOC(=O)CC(=O)CC(O)/C=C/c1c(C(C)C)cc(Br)c(OC)c1-c1ccc(F)cc1. The van der Waals surface area contributed by atoms with Gasteiger partial charge in [0.15, 0.2) is 0 Å². The second-order valence-electron chi connectivity index (χ2n) is 7.58. The van der Waals surface area contributed by atoms with Crippen LogP contribution in [-0.4, -0.2) is 36.7 Å². The molecule has 0 bridgehead atoms. The second-order valence-corrected chi connectivity index (χ2v) is 8.44. The van der Waals surface area contributed by atoms with Crippen molar-refractivity contribution in [3.05, 3.63) is 57.8 Å². The van der Waals surface area contributed by atoms with Gasteiger partial charge in [-0.05, 0) is 63.7 Å². The average molecular weight is 507 g/mol. The molecule has 7 heteroatoms. The van der Waals surface area contributed by atoms with Crippen LogP contribution in [0.1, 0.15) is 50.7 Å². The van der Waals surface area contributed by atoms with Crippen LogP contribution in [0.15, 0.2) is 40.9 Å². The highest BCUT2D eigenvalue weighted by atomic mass is 79.9. The van der Waals surface area contributed by atoms with Crippen LogP contribution in [-0.2, 0) is 14.3 Å². The second kappa shape index (κ2) is 11.9. The maximum absolute atomic E-state index is 13.5. The molecule has 1 N–H and O–H groups in total. The summed E-state index contributed by atoms with van der Waals surface area (Å²) in [7, 11) is 1.55. The highest BCUT2D eigenvalue weighted by Crippen LogP contribution is 2.43. The highest BCUT2D eigenvalue weighted by molar-refractivity contribution is 9.10. The number of halogens is 2. The van der Waals surface area contributed by atoms with Crippen molar-refractivity contribution in [2.24, 2.45) is 0 Å². The van der Waals surface area contributed by atoms with Crippen LogP contribution in [0, 0.1) is 5.82 Å². The number of Topliss-reactive ketones (excluding diaryl/α,β-unsaturated/α-hetero) is 1. The third-order valence-electron chi connectivity index (χ3n) is 4.83. The molecule has 2 rings (SSSR count). The molecule has 1 atom stereocenters. The van der Waals surface area contributed by atoms with Crippen LogP contribution in [0.4, 0.5) is 4.39 Å². The van der Waals surface area contributed by atoms with Crippen molar-refractivity contribution in [3.8, 4) is 16.9 Å². The summed E-state index contributed by atoms with van der Waals surface area (Å²) in [5.74, 6) is -0.643. The van der Waals surface area contributed by atoms with Gasteiger partial charge < -0.3 is 14.6 Å². The van der Waals surface area contributed by atoms with Crippen molar-refractivity contribution in [1.29, 1.82) is 0 Å². The van der Waals surface area contributed by atoms with E-state index < -0.39 is 17.9 Å². The number of rotatable bonds is 10. The Morgan fingerprint density at radius 2 is 1.88 bits per heavy atom. The molecule has 0 saturated carbocycles. The Hall–Kier alpha value is -2.51. The van der Waals surface area contributed by atoms with Crippen molar-refractivity contribution in [3.63, 3.8) is 0 Å². The zero-order valence-electron chi connectivity index (χ0n) is 18.7. The Bertz CT molecular complexity index is 983. The lowest BCUT2D eigenvalue weighted by Crippen LogP contribution is -2.16. The first-order valence-corrected chi connectivity index (χ1v) is 11.2. The molecule has 0 amide bonds. The predicted octanol–water partition coefficient (Wildman–Crippen LogP) is 5.67. The van der Waals surface area contributed by atoms with Gasteiger partial charge in [0.1, 0.15) is 23.8 Å². The Morgan fingerprint density at radius 3 is 2.44 bits per heavy atom. The zero-order valence-corrected chi connectivity index (χ0v) is 20.2. The van der Waals surface area contributed by atoms with Crippen molar-refractivity contribution in [2.75, 3.05) is 13.7 Å². The van der Waals surface area contributed by atoms with Gasteiger partial charge in [0.25, 0.3) is 0 Å². The number of esters is 1. The van der Waals surface area contributed by atoms with E-state index in [-0.39, 0.29) is 31.2 Å². The fraction of sp³-hybridized carbons (Fsp3) is 0.360. The molecule has 2 aromatic carbocycles. The summed E-state index contributed by atoms with van der Waals surface area (Å²) >= 11 is 3.56. The lowest BCUT2D eigenvalue weighted by molar-refractivity contribution is -0.145. The summed E-state index contributed by atoms with van der Waals surface area (Å²) in [6.45, 7) is 5.94. The minimum atomic E-state index is -1.08. The van der Waals surface area contributed by atoms with Crippen LogP contribution >= 0.6 is 15.9 Å². The first-order valence-electron chi connectivity index (χ1n) is 10.4. The van der Waals surface area contributed by atoms with E-state index in [0.29, 0.717) is 5.75 Å². The molecule has 0 fully saturated rings. The summed E-state index contributed by atoms with van der Waals surface area (Å²) < 4.78 is 24.7. The van der Waals surface area contributed by atoms with Crippen LogP contribution in [0.25, 0.3) is 17.2 Å². The van der Waals surface area contributed by atoms with Gasteiger partial charge in [0, 0.05) is 12.0 Å². The van der Waals surface area contributed by atoms with Crippen LogP contribution in [0.3, 0.4) is 0 Å². The van der Waals surface area contributed by atoms with Gasteiger partial charge in [-0.3, -0.25) is 9.59 Å². The maximum Gasteiger partial charge on any atom is 0.313 e. The average Bonchev–Trinajstić information content (AvgIpc) is 2.72. The highest BCUT2D eigenvalue weighted by Gasteiger charge is 2.20. The van der Waals surface area contributed by atoms with E-state index in [1.807, 2.05) is 19.9 Å². The minimum Gasteiger partial charge on any atom is -0.495 e. The number of carbonyl (C=O) groups excluding carboxylic acids is 2. The molecule has 0 heterocycles. The van der Waals surface area contributed by atoms with E-state index in [9.17, 15) is 19.1 Å². The Labute approximate surface area is 196 Å². The van der Waals surface area contributed by atoms with Gasteiger partial charge in [-0.25, -0.2) is 4.39 Å². The first-order chi connectivity index (χ1) is 15.2. The summed E-state index contributed by atoms with van der Waals surface area (Å²) in [5, 5.41) is 10.4. The molecule has 0 aromatic heterocycles. The lowest BCUT2D eigenvalue weighted by Gasteiger charge is -2.20. The molecule has 5 nitrogen and oxygen atoms in total. The quantitative estimate of drug-likeness (QED) is 0.331. The summed E-state index contributed by atoms with van der Waals surface area (Å²) in [5.41, 5.74) is 3.27. The Balaban J connectivity index is 2.45. The Morgan fingerprint density at radius 1 is 1.22 bits per heavy atom. The lowest BCUT2D eigenvalue weighted by atomic mass is 9.88. The first kappa shape index (κ1) is 25.7. The van der Waals surface area contributed by atoms with Gasteiger partial charge in [-0.2, -0.15) is 0 Å². The molecule has 2 aromatic rings. The smallest absolute Gasteiger partial charge is 0.313 e. The number of aliphatic hydroxyl groups excluding tert-OH is 1. The van der Waals surface area contributed by atoms with Gasteiger partial charge >= 0.3 is 5.97 Å². The molecule has 0 radical (unpaired) electrons. The zero-order chi connectivity index (χ0) is 23.8. The summed E-state index contributed by atoms with van der Waals surface area (Å²) in [4.78, 5) is 23.5. The molecule has 0 spiro atoms. The normalized spacial score (nSPS) is 12.2. The van der Waals surface area contributed by atoms with Crippen LogP contribution in [0.5, 0.6) is 5.75 Å². The number of hydrogen-bond acceptors (Lipinski definition) is 5. The molecule has 0 aliphatic carbocycles. The van der Waals surface area contributed by atoms with Gasteiger partial charge in [-0.1, -0.05) is 38.1 Å². The summed E-state index contributed by atoms with van der Waals surface area (Å²) in [6, 6.07) is 8.04. The Kier molecular flexibility index (Phi) is 9.60. The number of carbonyl (C=O) groups is 2. The molecule has 172 valence electrons. The van der Waals surface area contributed by atoms with Crippen LogP contribution < -0.4 is 4.74 Å². The van der Waals surface area contributed by atoms with Gasteiger partial charge in [0.2, 0.25) is 0 Å². The van der Waals surface area contributed by atoms with E-state index in [2.05, 4.69) is 15.9 Å². The summed E-state index contributed by atoms with van der Waals surface area (Å²) in [6.07, 6.45) is 1.61. The number of hydrogen-bond donors (Lipinski definition) is 1. The number of ketones is 1. The van der Waals surface area contributed by atoms with Crippen molar-refractivity contribution >= 4 is 33.8 Å². The topological polar surface area (TPSA) is 72.8 Å². The maximum atomic E-state index is 13.5. The van der Waals surface area contributed by atoms with Crippen molar-refractivity contribution in [2.45, 2.75) is 45.6 Å². The third-order valence-corrected chi connectivity index (χ3v) is 5.42. The fourth-order valence-electron chi connectivity index (χ4n) is 3.38. The van der Waals surface area contributed by atoms with E-state index in [1.165, 1.54) is 18.2 Å². The standard InChI is InChI=1S/C25H28BrFO5/c1-5-32-23(30)13-19(29)12-18(28)10-11-20-21(15(2)3)14-22(26)25(31-4)24(20)16-6-8-17(27)9-7-16/h6-11,14-15,18,28H,5,12-13H2,1-4H3/b11-10+. The van der Waals surface area contributed by atoms with E-state index in [1.54, 1.807) is 32.2 Å². The fourth-order valence-corrected chi connectivity index (χ4v) is 3.99. The van der Waals surface area contributed by atoms with Gasteiger partial charge in [0.05, 0.1) is 24.3 Å². The van der Waals surface area contributed by atoms with Crippen molar-refractivity contribution < 1.29 is 28.6 Å². The number of aliphatic hydroxyl groups is 1. The number of benzene rings is 2. The molecular formula is C25H28BrFO5. The monoisotopic (exact) mass is 506 g/mol. The van der Waals surface area contributed by atoms with E-state index in [4.69, 9.17) is 9.47 Å². The largest absolute Gasteiger partial charge is 0.495 e. The third kappa shape index (κ3) is 6.74. The van der Waals surface area contributed by atoms with Gasteiger partial charge in [-0.15, -0.1) is 0 Å². The number of ether oxygens (including phenoxy) is 2. The number of methoxy groups -OCH3 is 1. The molecule has 0 aliphatic rings. The molecule has 32 heavy (non-hydrogen) atoms. The molecular weight excluding hydrogens is 479 g/mol.